The van der Waals surface area contributed by atoms with E-state index in [1.165, 1.54) is 12.1 Å². The third-order valence-electron chi connectivity index (χ3n) is 3.39. The maximum atomic E-state index is 13.2. The smallest absolute Gasteiger partial charge is 0.132 e. The lowest BCUT2D eigenvalue weighted by Crippen LogP contribution is -2.05. The Morgan fingerprint density at radius 3 is 3.05 bits per heavy atom. The van der Waals surface area contributed by atoms with E-state index in [0.29, 0.717) is 12.4 Å². The molecule has 0 bridgehead atoms. The molecule has 1 aliphatic rings. The molecule has 3 aromatic rings. The summed E-state index contributed by atoms with van der Waals surface area (Å²) < 4.78 is 18.9. The van der Waals surface area contributed by atoms with Crippen molar-refractivity contribution in [1.82, 2.24) is 15.2 Å². The summed E-state index contributed by atoms with van der Waals surface area (Å²) >= 11 is 0. The molecule has 0 atom stereocenters. The van der Waals surface area contributed by atoms with Crippen LogP contribution in [0.1, 0.15) is 5.56 Å². The number of nitrogens with one attached hydrogen (secondary N) is 1. The minimum absolute atomic E-state index is 0.306. The molecule has 0 amide bonds. The van der Waals surface area contributed by atoms with Crippen LogP contribution in [0.5, 0.6) is 5.75 Å². The number of nitrogens with zero attached hydrogens (tertiary/aromatic N) is 2. The van der Waals surface area contributed by atoms with Gasteiger partial charge in [0.2, 0.25) is 0 Å². The standard InChI is InChI=1S/C15H10FN3O/c16-10-3-4-11-13(6-10)20-8-12-14(18-19-15(11)12)9-2-1-5-17-7-9/h1-7H,8H2,(H,18,19). The lowest BCUT2D eigenvalue weighted by molar-refractivity contribution is 0.301. The molecule has 4 nitrogen and oxygen atoms in total. The Morgan fingerprint density at radius 2 is 2.20 bits per heavy atom. The van der Waals surface area contributed by atoms with Crippen molar-refractivity contribution in [3.8, 4) is 28.3 Å². The molecule has 0 saturated heterocycles. The van der Waals surface area contributed by atoms with E-state index in [1.807, 2.05) is 12.1 Å². The van der Waals surface area contributed by atoms with Crippen molar-refractivity contribution < 1.29 is 9.13 Å². The van der Waals surface area contributed by atoms with Crippen LogP contribution in [0.4, 0.5) is 4.39 Å². The van der Waals surface area contributed by atoms with E-state index in [4.69, 9.17) is 4.74 Å². The molecule has 2 aromatic heterocycles. The van der Waals surface area contributed by atoms with E-state index in [-0.39, 0.29) is 5.82 Å². The number of hydrogen-bond donors (Lipinski definition) is 1. The Kier molecular flexibility index (Phi) is 2.32. The lowest BCUT2D eigenvalue weighted by atomic mass is 10.0. The molecule has 98 valence electrons. The average molecular weight is 267 g/mol. The van der Waals surface area contributed by atoms with Crippen LogP contribution in [0.15, 0.2) is 42.7 Å². The number of aromatic nitrogens is 3. The van der Waals surface area contributed by atoms with Crippen LogP contribution >= 0.6 is 0 Å². The van der Waals surface area contributed by atoms with Crippen molar-refractivity contribution in [2.24, 2.45) is 0 Å². The van der Waals surface area contributed by atoms with Crippen molar-refractivity contribution in [1.29, 1.82) is 0 Å². The molecule has 0 saturated carbocycles. The van der Waals surface area contributed by atoms with Crippen LogP contribution in [0.2, 0.25) is 0 Å². The molecular formula is C15H10FN3O. The Hall–Kier alpha value is -2.69. The summed E-state index contributed by atoms with van der Waals surface area (Å²) in [5, 5.41) is 7.37. The Balaban J connectivity index is 1.89. The molecule has 0 aliphatic carbocycles. The monoisotopic (exact) mass is 267 g/mol. The molecule has 4 rings (SSSR count). The first kappa shape index (κ1) is 11.2. The van der Waals surface area contributed by atoms with Gasteiger partial charge in [0.05, 0.1) is 5.69 Å². The second kappa shape index (κ2) is 4.16. The fourth-order valence-electron chi connectivity index (χ4n) is 2.44. The van der Waals surface area contributed by atoms with Gasteiger partial charge in [-0.25, -0.2) is 4.39 Å². The summed E-state index contributed by atoms with van der Waals surface area (Å²) in [5.41, 5.74) is 4.43. The van der Waals surface area contributed by atoms with Crippen molar-refractivity contribution >= 4 is 0 Å². The second-order valence-electron chi connectivity index (χ2n) is 4.60. The van der Waals surface area contributed by atoms with E-state index in [0.717, 1.165) is 28.1 Å². The Bertz CT molecular complexity index is 783. The molecule has 1 aromatic carbocycles. The number of pyridine rings is 1. The number of hydrogen-bond acceptors (Lipinski definition) is 3. The van der Waals surface area contributed by atoms with Crippen LogP contribution < -0.4 is 4.74 Å². The maximum absolute atomic E-state index is 13.2. The predicted molar refractivity (Wildman–Crippen MR) is 71.5 cm³/mol. The minimum atomic E-state index is -0.306. The number of rotatable bonds is 1. The summed E-state index contributed by atoms with van der Waals surface area (Å²) in [6.07, 6.45) is 3.48. The fraction of sp³-hybridized carbons (Fsp3) is 0.0667. The zero-order chi connectivity index (χ0) is 13.5. The maximum Gasteiger partial charge on any atom is 0.132 e. The fourth-order valence-corrected chi connectivity index (χ4v) is 2.44. The summed E-state index contributed by atoms with van der Waals surface area (Å²) in [6.45, 7) is 0.368. The van der Waals surface area contributed by atoms with Gasteiger partial charge in [0.25, 0.3) is 0 Å². The molecule has 0 radical (unpaired) electrons. The molecule has 1 aliphatic heterocycles. The van der Waals surface area contributed by atoms with Crippen LogP contribution in [-0.2, 0) is 6.61 Å². The van der Waals surface area contributed by atoms with Crippen molar-refractivity contribution in [3.05, 3.63) is 54.1 Å². The largest absolute Gasteiger partial charge is 0.488 e. The van der Waals surface area contributed by atoms with E-state index >= 15 is 0 Å². The number of aromatic amines is 1. The number of ether oxygens (including phenoxy) is 1. The van der Waals surface area contributed by atoms with Gasteiger partial charge in [-0.15, -0.1) is 0 Å². The highest BCUT2D eigenvalue weighted by atomic mass is 19.1. The Morgan fingerprint density at radius 1 is 1.25 bits per heavy atom. The zero-order valence-corrected chi connectivity index (χ0v) is 10.4. The average Bonchev–Trinajstić information content (AvgIpc) is 2.92. The van der Waals surface area contributed by atoms with Gasteiger partial charge >= 0.3 is 0 Å². The van der Waals surface area contributed by atoms with Gasteiger partial charge in [0, 0.05) is 35.2 Å². The summed E-state index contributed by atoms with van der Waals surface area (Å²) in [6, 6.07) is 8.33. The summed E-state index contributed by atoms with van der Waals surface area (Å²) in [7, 11) is 0. The summed E-state index contributed by atoms with van der Waals surface area (Å²) in [4.78, 5) is 4.10. The second-order valence-corrected chi connectivity index (χ2v) is 4.60. The zero-order valence-electron chi connectivity index (χ0n) is 10.4. The topological polar surface area (TPSA) is 50.8 Å². The van der Waals surface area contributed by atoms with Crippen LogP contribution in [0.25, 0.3) is 22.5 Å². The third-order valence-corrected chi connectivity index (χ3v) is 3.39. The highest BCUT2D eigenvalue weighted by Gasteiger charge is 2.24. The first-order valence-electron chi connectivity index (χ1n) is 6.23. The van der Waals surface area contributed by atoms with Crippen LogP contribution in [-0.4, -0.2) is 15.2 Å². The quantitative estimate of drug-likeness (QED) is 0.736. The van der Waals surface area contributed by atoms with Crippen molar-refractivity contribution in [2.45, 2.75) is 6.61 Å². The first-order valence-corrected chi connectivity index (χ1v) is 6.23. The van der Waals surface area contributed by atoms with Gasteiger partial charge < -0.3 is 4.74 Å². The van der Waals surface area contributed by atoms with E-state index in [2.05, 4.69) is 15.2 Å². The van der Waals surface area contributed by atoms with Gasteiger partial charge in [-0.1, -0.05) is 0 Å². The molecule has 5 heteroatoms. The molecule has 1 N–H and O–H groups in total. The highest BCUT2D eigenvalue weighted by Crippen LogP contribution is 2.39. The molecule has 20 heavy (non-hydrogen) atoms. The van der Waals surface area contributed by atoms with Gasteiger partial charge in [-0.2, -0.15) is 5.10 Å². The van der Waals surface area contributed by atoms with Gasteiger partial charge in [-0.3, -0.25) is 10.1 Å². The molecular weight excluding hydrogens is 257 g/mol. The normalized spacial score (nSPS) is 12.4. The van der Waals surface area contributed by atoms with E-state index in [1.54, 1.807) is 18.5 Å². The number of benzene rings is 1. The molecule has 0 unspecified atom stereocenters. The first-order chi connectivity index (χ1) is 9.83. The van der Waals surface area contributed by atoms with Crippen LogP contribution in [0.3, 0.4) is 0 Å². The van der Waals surface area contributed by atoms with E-state index < -0.39 is 0 Å². The number of halogens is 1. The van der Waals surface area contributed by atoms with Crippen LogP contribution in [0, 0.1) is 5.82 Å². The molecule has 0 fully saturated rings. The van der Waals surface area contributed by atoms with Crippen molar-refractivity contribution in [3.63, 3.8) is 0 Å². The number of fused-ring (bicyclic) bond motifs is 3. The van der Waals surface area contributed by atoms with E-state index in [9.17, 15) is 4.39 Å². The van der Waals surface area contributed by atoms with Gasteiger partial charge in [-0.05, 0) is 24.3 Å². The number of H-pyrrole nitrogens is 1. The Labute approximate surface area is 114 Å². The molecule has 0 spiro atoms. The predicted octanol–water partition coefficient (Wildman–Crippen LogP) is 3.17. The SMILES string of the molecule is Fc1ccc2c(c1)OCc1c(-c3cccnc3)n[nH]c1-2. The lowest BCUT2D eigenvalue weighted by Gasteiger charge is -2.17. The van der Waals surface area contributed by atoms with Gasteiger partial charge in [0.15, 0.2) is 0 Å². The molecule has 3 heterocycles. The van der Waals surface area contributed by atoms with Gasteiger partial charge in [0.1, 0.15) is 23.9 Å². The summed E-state index contributed by atoms with van der Waals surface area (Å²) in [5.74, 6) is 0.234. The highest BCUT2D eigenvalue weighted by molar-refractivity contribution is 5.78. The third kappa shape index (κ3) is 1.60. The minimum Gasteiger partial charge on any atom is -0.488 e. The van der Waals surface area contributed by atoms with Crippen molar-refractivity contribution in [2.75, 3.05) is 0 Å².